The number of hydrogen-bond donors (Lipinski definition) is 1. The Kier molecular flexibility index (Phi) is 3.21. The Morgan fingerprint density at radius 1 is 1.36 bits per heavy atom. The second kappa shape index (κ2) is 3.90. The minimum absolute atomic E-state index is 0.333. The van der Waals surface area contributed by atoms with Gasteiger partial charge in [-0.15, -0.1) is 0 Å². The van der Waals surface area contributed by atoms with E-state index in [2.05, 4.69) is 15.9 Å². The smallest absolute Gasteiger partial charge is 0.242 e. The summed E-state index contributed by atoms with van der Waals surface area (Å²) in [6.07, 6.45) is 0. The number of nitrogen functional groups attached to an aromatic ring is 1. The summed E-state index contributed by atoms with van der Waals surface area (Å²) in [6, 6.07) is 2.62. The first kappa shape index (κ1) is 11.5. The molecule has 0 amide bonds. The average molecular weight is 278 g/mol. The van der Waals surface area contributed by atoms with Crippen LogP contribution in [-0.4, -0.2) is 8.32 Å². The molecule has 0 heterocycles. The van der Waals surface area contributed by atoms with Crippen LogP contribution < -0.4 is 10.2 Å². The summed E-state index contributed by atoms with van der Waals surface area (Å²) in [5.74, 6) is 0.183. The molecular weight excluding hydrogens is 265 g/mol. The second-order valence-electron chi connectivity index (χ2n) is 4.02. The molecule has 1 rings (SSSR count). The highest BCUT2D eigenvalue weighted by Gasteiger charge is 2.19. The van der Waals surface area contributed by atoms with E-state index in [0.717, 1.165) is 0 Å². The van der Waals surface area contributed by atoms with Gasteiger partial charge in [-0.25, -0.2) is 4.39 Å². The molecule has 0 saturated carbocycles. The zero-order valence-electron chi connectivity index (χ0n) is 8.40. The molecule has 5 heteroatoms. The van der Waals surface area contributed by atoms with Crippen molar-refractivity contribution in [1.29, 1.82) is 0 Å². The summed E-state index contributed by atoms with van der Waals surface area (Å²) in [5, 5.41) is 0. The maximum absolute atomic E-state index is 12.9. The van der Waals surface area contributed by atoms with Gasteiger partial charge in [-0.05, 0) is 41.6 Å². The fourth-order valence-electron chi connectivity index (χ4n) is 0.994. The molecule has 2 nitrogen and oxygen atoms in total. The molecule has 0 saturated heterocycles. The average Bonchev–Trinajstić information content (AvgIpc) is 1.95. The Morgan fingerprint density at radius 2 is 1.93 bits per heavy atom. The number of anilines is 1. The zero-order valence-corrected chi connectivity index (χ0v) is 11.0. The van der Waals surface area contributed by atoms with E-state index in [9.17, 15) is 4.39 Å². The van der Waals surface area contributed by atoms with Crippen molar-refractivity contribution in [2.45, 2.75) is 19.6 Å². The first-order chi connectivity index (χ1) is 6.29. The third-order valence-corrected chi connectivity index (χ3v) is 2.85. The molecule has 0 aliphatic rings. The van der Waals surface area contributed by atoms with Gasteiger partial charge in [0.25, 0.3) is 0 Å². The van der Waals surface area contributed by atoms with Crippen LogP contribution in [0.3, 0.4) is 0 Å². The van der Waals surface area contributed by atoms with E-state index in [1.807, 2.05) is 19.6 Å². The highest BCUT2D eigenvalue weighted by atomic mass is 79.9. The number of nitrogens with two attached hydrogens (primary N) is 1. The fourth-order valence-corrected chi connectivity index (χ4v) is 2.51. The summed E-state index contributed by atoms with van der Waals surface area (Å²) >= 11 is 3.23. The molecule has 0 aliphatic heterocycles. The van der Waals surface area contributed by atoms with E-state index in [0.29, 0.717) is 15.9 Å². The van der Waals surface area contributed by atoms with Crippen LogP contribution in [-0.2, 0) is 0 Å². The highest BCUT2D eigenvalue weighted by molar-refractivity contribution is 9.10. The van der Waals surface area contributed by atoms with E-state index in [4.69, 9.17) is 10.2 Å². The number of halogens is 2. The zero-order chi connectivity index (χ0) is 10.9. The molecule has 0 aliphatic carbocycles. The molecule has 0 fully saturated rings. The lowest BCUT2D eigenvalue weighted by molar-refractivity contribution is 0.551. The lowest BCUT2D eigenvalue weighted by atomic mass is 10.3. The standard InChI is InChI=1S/C9H13BrFNOSi/c1-14(2,3)13-9-7(10)4-6(11)5-8(9)12/h4-5H,12H2,1-3H3. The van der Waals surface area contributed by atoms with Gasteiger partial charge in [0, 0.05) is 6.07 Å². The molecule has 0 aromatic heterocycles. The summed E-state index contributed by atoms with van der Waals surface area (Å²) in [4.78, 5) is 0. The summed E-state index contributed by atoms with van der Waals surface area (Å²) in [7, 11) is -1.71. The van der Waals surface area contributed by atoms with Crippen molar-refractivity contribution in [3.05, 3.63) is 22.4 Å². The maximum atomic E-state index is 12.9. The lowest BCUT2D eigenvalue weighted by Gasteiger charge is -2.21. The Balaban J connectivity index is 3.09. The SMILES string of the molecule is C[Si](C)(C)Oc1c(N)cc(F)cc1Br. The number of rotatable bonds is 2. The summed E-state index contributed by atoms with van der Waals surface area (Å²) in [6.45, 7) is 6.13. The first-order valence-corrected chi connectivity index (χ1v) is 8.43. The Labute approximate surface area is 92.5 Å². The Hall–Kier alpha value is -0.553. The first-order valence-electron chi connectivity index (χ1n) is 4.23. The Bertz CT molecular complexity index is 328. The minimum atomic E-state index is -1.71. The van der Waals surface area contributed by atoms with Crippen LogP contribution in [0.25, 0.3) is 0 Å². The van der Waals surface area contributed by atoms with Crippen molar-refractivity contribution in [3.8, 4) is 5.75 Å². The molecule has 1 aromatic carbocycles. The van der Waals surface area contributed by atoms with Crippen molar-refractivity contribution >= 4 is 29.9 Å². The predicted molar refractivity (Wildman–Crippen MR) is 62.5 cm³/mol. The van der Waals surface area contributed by atoms with Gasteiger partial charge in [0.1, 0.15) is 11.6 Å². The van der Waals surface area contributed by atoms with Crippen LogP contribution in [0.1, 0.15) is 0 Å². The van der Waals surface area contributed by atoms with E-state index >= 15 is 0 Å². The maximum Gasteiger partial charge on any atom is 0.242 e. The topological polar surface area (TPSA) is 35.2 Å². The predicted octanol–water partition coefficient (Wildman–Crippen LogP) is 3.38. The van der Waals surface area contributed by atoms with Gasteiger partial charge in [0.05, 0.1) is 10.2 Å². The molecule has 0 unspecified atom stereocenters. The molecule has 78 valence electrons. The number of benzene rings is 1. The van der Waals surface area contributed by atoms with Crippen molar-refractivity contribution in [3.63, 3.8) is 0 Å². The molecule has 2 N–H and O–H groups in total. The molecular formula is C9H13BrFNOSi. The van der Waals surface area contributed by atoms with Crippen LogP contribution in [0.2, 0.25) is 19.6 Å². The molecule has 0 atom stereocenters. The molecule has 0 radical (unpaired) electrons. The van der Waals surface area contributed by atoms with Gasteiger partial charge in [-0.2, -0.15) is 0 Å². The normalized spacial score (nSPS) is 11.5. The van der Waals surface area contributed by atoms with Gasteiger partial charge < -0.3 is 10.2 Å². The van der Waals surface area contributed by atoms with E-state index in [-0.39, 0.29) is 5.82 Å². The van der Waals surface area contributed by atoms with Crippen molar-refractivity contribution in [2.24, 2.45) is 0 Å². The highest BCUT2D eigenvalue weighted by Crippen LogP contribution is 2.34. The van der Waals surface area contributed by atoms with Crippen LogP contribution in [0.4, 0.5) is 10.1 Å². The van der Waals surface area contributed by atoms with Crippen LogP contribution in [0.5, 0.6) is 5.75 Å². The van der Waals surface area contributed by atoms with Gasteiger partial charge in [0.2, 0.25) is 8.32 Å². The van der Waals surface area contributed by atoms with Crippen molar-refractivity contribution in [1.82, 2.24) is 0 Å². The molecule has 1 aromatic rings. The van der Waals surface area contributed by atoms with Gasteiger partial charge >= 0.3 is 0 Å². The lowest BCUT2D eigenvalue weighted by Crippen LogP contribution is -2.29. The van der Waals surface area contributed by atoms with Crippen LogP contribution in [0.15, 0.2) is 16.6 Å². The molecule has 0 bridgehead atoms. The largest absolute Gasteiger partial charge is 0.542 e. The molecule has 14 heavy (non-hydrogen) atoms. The van der Waals surface area contributed by atoms with E-state index < -0.39 is 8.32 Å². The second-order valence-corrected chi connectivity index (χ2v) is 9.30. The third kappa shape index (κ3) is 2.99. The van der Waals surface area contributed by atoms with Gasteiger partial charge in [-0.1, -0.05) is 0 Å². The monoisotopic (exact) mass is 277 g/mol. The van der Waals surface area contributed by atoms with E-state index in [1.54, 1.807) is 0 Å². The van der Waals surface area contributed by atoms with Crippen LogP contribution in [0, 0.1) is 5.82 Å². The number of hydrogen-bond acceptors (Lipinski definition) is 2. The Morgan fingerprint density at radius 3 is 2.36 bits per heavy atom. The van der Waals surface area contributed by atoms with Crippen LogP contribution >= 0.6 is 15.9 Å². The third-order valence-electron chi connectivity index (χ3n) is 1.45. The summed E-state index contributed by atoms with van der Waals surface area (Å²) < 4.78 is 19.2. The quantitative estimate of drug-likeness (QED) is 0.665. The fraction of sp³-hybridized carbons (Fsp3) is 0.333. The van der Waals surface area contributed by atoms with Gasteiger partial charge in [-0.3, -0.25) is 0 Å². The van der Waals surface area contributed by atoms with Crippen molar-refractivity contribution < 1.29 is 8.82 Å². The van der Waals surface area contributed by atoms with Gasteiger partial charge in [0.15, 0.2) is 0 Å². The summed E-state index contributed by atoms with van der Waals surface area (Å²) in [5.41, 5.74) is 5.99. The van der Waals surface area contributed by atoms with Crippen molar-refractivity contribution in [2.75, 3.05) is 5.73 Å². The minimum Gasteiger partial charge on any atom is -0.542 e. The van der Waals surface area contributed by atoms with E-state index in [1.165, 1.54) is 12.1 Å². The molecule has 0 spiro atoms.